The van der Waals surface area contributed by atoms with Crippen LogP contribution in [0.1, 0.15) is 115 Å². The maximum Gasteiger partial charge on any atom is 0.0245 e. The van der Waals surface area contributed by atoms with Gasteiger partial charge >= 0.3 is 0 Å². The molecule has 0 amide bonds. The van der Waals surface area contributed by atoms with Crippen molar-refractivity contribution in [3.05, 3.63) is 35.4 Å². The van der Waals surface area contributed by atoms with Crippen LogP contribution >= 0.6 is 0 Å². The lowest BCUT2D eigenvalue weighted by atomic mass is 9.78. The minimum Gasteiger partial charge on any atom is -0.0979 e. The van der Waals surface area contributed by atoms with Crippen molar-refractivity contribution in [3.63, 3.8) is 0 Å². The number of aryl methyl sites for hydroxylation is 1. The summed E-state index contributed by atoms with van der Waals surface area (Å²) in [6.07, 6.45) is 20.5. The highest BCUT2D eigenvalue weighted by Gasteiger charge is 2.20. The van der Waals surface area contributed by atoms with Crippen LogP contribution in [0.5, 0.6) is 0 Å². The van der Waals surface area contributed by atoms with Crippen molar-refractivity contribution in [2.45, 2.75) is 110 Å². The van der Waals surface area contributed by atoms with Crippen molar-refractivity contribution in [2.75, 3.05) is 0 Å². The Balaban J connectivity index is 1.60. The molecule has 0 aromatic heterocycles. The third-order valence-electron chi connectivity index (χ3n) is 6.37. The first kappa shape index (κ1) is 22.1. The van der Waals surface area contributed by atoms with Gasteiger partial charge in [-0.1, -0.05) is 108 Å². The molecule has 0 heterocycles. The summed E-state index contributed by atoms with van der Waals surface area (Å²) in [7, 11) is 0. The van der Waals surface area contributed by atoms with Crippen molar-refractivity contribution >= 4 is 0 Å². The smallest absolute Gasteiger partial charge is 0.0245 e. The summed E-state index contributed by atoms with van der Waals surface area (Å²) < 4.78 is 0. The van der Waals surface area contributed by atoms with E-state index in [0.29, 0.717) is 0 Å². The molecule has 0 heteroatoms. The number of hydrogen-bond acceptors (Lipinski definition) is 0. The van der Waals surface area contributed by atoms with Crippen LogP contribution in [0.3, 0.4) is 0 Å². The summed E-state index contributed by atoms with van der Waals surface area (Å²) in [5, 5.41) is 0. The lowest BCUT2D eigenvalue weighted by molar-refractivity contribution is 0.250. The Labute approximate surface area is 169 Å². The Kier molecular flexibility index (Phi) is 11.3. The molecule has 150 valence electrons. The summed E-state index contributed by atoms with van der Waals surface area (Å²) >= 11 is 0. The van der Waals surface area contributed by atoms with E-state index in [1.54, 1.807) is 0 Å². The first-order chi connectivity index (χ1) is 13.3. The number of hydrogen-bond donors (Lipinski definition) is 0. The summed E-state index contributed by atoms with van der Waals surface area (Å²) in [6.45, 7) is 4.58. The summed E-state index contributed by atoms with van der Waals surface area (Å²) in [4.78, 5) is 0. The molecule has 0 spiro atoms. The van der Waals surface area contributed by atoms with E-state index in [4.69, 9.17) is 0 Å². The quantitative estimate of drug-likeness (QED) is 0.273. The second kappa shape index (κ2) is 13.9. The van der Waals surface area contributed by atoms with Crippen LogP contribution in [-0.4, -0.2) is 0 Å². The van der Waals surface area contributed by atoms with Crippen molar-refractivity contribution in [2.24, 2.45) is 11.8 Å². The van der Waals surface area contributed by atoms with Gasteiger partial charge in [0, 0.05) is 12.0 Å². The Morgan fingerprint density at radius 1 is 0.741 bits per heavy atom. The van der Waals surface area contributed by atoms with Gasteiger partial charge < -0.3 is 0 Å². The van der Waals surface area contributed by atoms with Crippen molar-refractivity contribution in [1.29, 1.82) is 0 Å². The fraction of sp³-hybridized carbons (Fsp3) is 0.704. The molecule has 2 rings (SSSR count). The Morgan fingerprint density at radius 2 is 1.37 bits per heavy atom. The molecule has 1 aromatic carbocycles. The molecule has 27 heavy (non-hydrogen) atoms. The minimum atomic E-state index is 0.937. The highest BCUT2D eigenvalue weighted by atomic mass is 14.3. The van der Waals surface area contributed by atoms with Gasteiger partial charge in [0.15, 0.2) is 0 Å². The Hall–Kier alpha value is -1.22. The molecule has 0 unspecified atom stereocenters. The highest BCUT2D eigenvalue weighted by molar-refractivity contribution is 5.36. The van der Waals surface area contributed by atoms with E-state index in [1.807, 2.05) is 0 Å². The maximum atomic E-state index is 3.43. The maximum absolute atomic E-state index is 3.43. The molecule has 1 aliphatic carbocycles. The zero-order valence-corrected chi connectivity index (χ0v) is 18.1. The first-order valence-electron chi connectivity index (χ1n) is 11.9. The van der Waals surface area contributed by atoms with Crippen LogP contribution in [-0.2, 0) is 6.42 Å². The van der Waals surface area contributed by atoms with E-state index in [9.17, 15) is 0 Å². The Morgan fingerprint density at radius 3 is 2.04 bits per heavy atom. The second-order valence-corrected chi connectivity index (χ2v) is 8.73. The SMILES string of the molecule is CCCCCCc1ccc(C#CCCC2CCC(CCCCC)CC2)cc1. The monoisotopic (exact) mass is 366 g/mol. The third-order valence-corrected chi connectivity index (χ3v) is 6.37. The number of benzene rings is 1. The van der Waals surface area contributed by atoms with Crippen molar-refractivity contribution in [1.82, 2.24) is 0 Å². The van der Waals surface area contributed by atoms with E-state index in [2.05, 4.69) is 50.0 Å². The fourth-order valence-electron chi connectivity index (χ4n) is 4.44. The summed E-state index contributed by atoms with van der Waals surface area (Å²) in [5.41, 5.74) is 2.65. The van der Waals surface area contributed by atoms with Crippen LogP contribution in [0.4, 0.5) is 0 Å². The van der Waals surface area contributed by atoms with E-state index in [-0.39, 0.29) is 0 Å². The van der Waals surface area contributed by atoms with Gasteiger partial charge in [0.1, 0.15) is 0 Å². The number of rotatable bonds is 11. The van der Waals surface area contributed by atoms with Crippen LogP contribution in [0, 0.1) is 23.7 Å². The average Bonchev–Trinajstić information content (AvgIpc) is 2.71. The molecule has 1 aromatic rings. The van der Waals surface area contributed by atoms with E-state index in [1.165, 1.54) is 101 Å². The van der Waals surface area contributed by atoms with Gasteiger partial charge in [0.25, 0.3) is 0 Å². The molecule has 1 aliphatic rings. The largest absolute Gasteiger partial charge is 0.0979 e. The zero-order chi connectivity index (χ0) is 19.2. The molecule has 0 atom stereocenters. The molecule has 0 bridgehead atoms. The van der Waals surface area contributed by atoms with E-state index in [0.717, 1.165) is 18.3 Å². The predicted octanol–water partition coefficient (Wildman–Crippen LogP) is 8.33. The molecule has 0 N–H and O–H groups in total. The van der Waals surface area contributed by atoms with Gasteiger partial charge in [0.05, 0.1) is 0 Å². The molecular weight excluding hydrogens is 324 g/mol. The van der Waals surface area contributed by atoms with Crippen LogP contribution in [0.25, 0.3) is 0 Å². The zero-order valence-electron chi connectivity index (χ0n) is 18.1. The van der Waals surface area contributed by atoms with Crippen molar-refractivity contribution < 1.29 is 0 Å². The molecule has 1 fully saturated rings. The minimum absolute atomic E-state index is 0.937. The standard InChI is InChI=1S/C27H42/c1-3-5-7-9-13-25-18-22-27(23-19-25)15-11-10-14-26-20-16-24(17-21-26)12-8-6-4-2/h18-19,22-24,26H,3-10,12-14,16-17,20-21H2,1-2H3. The summed E-state index contributed by atoms with van der Waals surface area (Å²) in [5.74, 6) is 8.78. The molecule has 0 nitrogen and oxygen atoms in total. The van der Waals surface area contributed by atoms with Gasteiger partial charge in [-0.3, -0.25) is 0 Å². The normalized spacial score (nSPS) is 19.5. The molecule has 0 aliphatic heterocycles. The van der Waals surface area contributed by atoms with Crippen LogP contribution in [0.2, 0.25) is 0 Å². The van der Waals surface area contributed by atoms with Gasteiger partial charge in [-0.05, 0) is 48.8 Å². The predicted molar refractivity (Wildman–Crippen MR) is 120 cm³/mol. The van der Waals surface area contributed by atoms with E-state index >= 15 is 0 Å². The van der Waals surface area contributed by atoms with Crippen LogP contribution in [0.15, 0.2) is 24.3 Å². The highest BCUT2D eigenvalue weighted by Crippen LogP contribution is 2.34. The van der Waals surface area contributed by atoms with Gasteiger partial charge in [-0.15, -0.1) is 0 Å². The van der Waals surface area contributed by atoms with Crippen LogP contribution < -0.4 is 0 Å². The fourth-order valence-corrected chi connectivity index (χ4v) is 4.44. The topological polar surface area (TPSA) is 0 Å². The average molecular weight is 367 g/mol. The second-order valence-electron chi connectivity index (χ2n) is 8.73. The molecule has 0 radical (unpaired) electrons. The Bertz CT molecular complexity index is 534. The van der Waals surface area contributed by atoms with Gasteiger partial charge in [-0.2, -0.15) is 0 Å². The van der Waals surface area contributed by atoms with E-state index < -0.39 is 0 Å². The summed E-state index contributed by atoms with van der Waals surface area (Å²) in [6, 6.07) is 8.97. The molecule has 0 saturated heterocycles. The third kappa shape index (κ3) is 9.51. The number of unbranched alkanes of at least 4 members (excludes halogenated alkanes) is 5. The van der Waals surface area contributed by atoms with Gasteiger partial charge in [-0.25, -0.2) is 0 Å². The molecule has 1 saturated carbocycles. The molecular formula is C27H42. The van der Waals surface area contributed by atoms with Gasteiger partial charge in [0.2, 0.25) is 0 Å². The first-order valence-corrected chi connectivity index (χ1v) is 11.9. The van der Waals surface area contributed by atoms with Crippen molar-refractivity contribution in [3.8, 4) is 11.8 Å². The lowest BCUT2D eigenvalue weighted by Gasteiger charge is -2.28. The lowest BCUT2D eigenvalue weighted by Crippen LogP contribution is -2.14.